The number of hydrogen-bond donors (Lipinski definition) is 0. The van der Waals surface area contributed by atoms with E-state index in [0.717, 1.165) is 55.5 Å². The molecular formula is C22H28N4S. The van der Waals surface area contributed by atoms with E-state index in [4.69, 9.17) is 9.97 Å². The lowest BCUT2D eigenvalue weighted by Crippen LogP contribution is -2.47. The topological polar surface area (TPSA) is 32.3 Å². The molecule has 3 aromatic rings. The monoisotopic (exact) mass is 380 g/mol. The van der Waals surface area contributed by atoms with Gasteiger partial charge in [-0.2, -0.15) is 0 Å². The molecule has 4 rings (SSSR count). The molecular weight excluding hydrogens is 352 g/mol. The molecule has 27 heavy (non-hydrogen) atoms. The molecule has 1 aliphatic rings. The van der Waals surface area contributed by atoms with Crippen LogP contribution < -0.4 is 4.90 Å². The molecule has 0 saturated carbocycles. The second-order valence-corrected chi connectivity index (χ2v) is 8.35. The highest BCUT2D eigenvalue weighted by atomic mass is 32.1. The number of piperazine rings is 1. The average Bonchev–Trinajstić information content (AvgIpc) is 3.12. The molecule has 0 bridgehead atoms. The van der Waals surface area contributed by atoms with Gasteiger partial charge in [-0.05, 0) is 31.0 Å². The van der Waals surface area contributed by atoms with Crippen molar-refractivity contribution in [3.63, 3.8) is 0 Å². The van der Waals surface area contributed by atoms with E-state index in [2.05, 4.69) is 60.0 Å². The zero-order valence-electron chi connectivity index (χ0n) is 16.3. The van der Waals surface area contributed by atoms with E-state index in [1.165, 1.54) is 28.8 Å². The van der Waals surface area contributed by atoms with E-state index in [9.17, 15) is 0 Å². The molecule has 1 saturated heterocycles. The summed E-state index contributed by atoms with van der Waals surface area (Å²) in [5, 5.41) is 1.23. The molecule has 1 aliphatic heterocycles. The minimum absolute atomic E-state index is 0.791. The molecule has 1 aromatic carbocycles. The maximum absolute atomic E-state index is 5.04. The van der Waals surface area contributed by atoms with Crippen molar-refractivity contribution in [2.24, 2.45) is 0 Å². The van der Waals surface area contributed by atoms with Crippen molar-refractivity contribution in [1.82, 2.24) is 14.9 Å². The van der Waals surface area contributed by atoms with E-state index in [0.29, 0.717) is 0 Å². The predicted octanol–water partition coefficient (Wildman–Crippen LogP) is 4.38. The minimum Gasteiger partial charge on any atom is -0.353 e. The van der Waals surface area contributed by atoms with Crippen molar-refractivity contribution < 1.29 is 0 Å². The summed E-state index contributed by atoms with van der Waals surface area (Å²) in [6.45, 7) is 10.0. The molecule has 0 atom stereocenters. The van der Waals surface area contributed by atoms with Gasteiger partial charge in [-0.15, -0.1) is 11.3 Å². The first-order valence-electron chi connectivity index (χ1n) is 10.1. The molecule has 5 heteroatoms. The second-order valence-electron chi connectivity index (χ2n) is 7.24. The van der Waals surface area contributed by atoms with Crippen LogP contribution in [0.3, 0.4) is 0 Å². The first-order chi connectivity index (χ1) is 13.3. The molecule has 0 spiro atoms. The largest absolute Gasteiger partial charge is 0.353 e. The van der Waals surface area contributed by atoms with E-state index in [1.54, 1.807) is 0 Å². The van der Waals surface area contributed by atoms with Gasteiger partial charge in [0.25, 0.3) is 0 Å². The third kappa shape index (κ3) is 4.14. The summed E-state index contributed by atoms with van der Waals surface area (Å²) in [7, 11) is 0. The van der Waals surface area contributed by atoms with Crippen LogP contribution in [0.25, 0.3) is 10.2 Å². The van der Waals surface area contributed by atoms with Gasteiger partial charge in [-0.3, -0.25) is 4.90 Å². The molecule has 0 aliphatic carbocycles. The molecule has 4 nitrogen and oxygen atoms in total. The molecule has 0 amide bonds. The highest BCUT2D eigenvalue weighted by Gasteiger charge is 2.21. The van der Waals surface area contributed by atoms with Crippen molar-refractivity contribution >= 4 is 27.4 Å². The van der Waals surface area contributed by atoms with Gasteiger partial charge in [-0.25, -0.2) is 9.97 Å². The summed E-state index contributed by atoms with van der Waals surface area (Å²) < 4.78 is 0. The summed E-state index contributed by atoms with van der Waals surface area (Å²) in [6.07, 6.45) is 3.07. The maximum atomic E-state index is 5.04. The SMILES string of the molecule is CCCN1CCN(c2nc(Cc3ccccc3)nc3sc(CC)cc23)CC1. The molecule has 1 fully saturated rings. The fourth-order valence-electron chi connectivity index (χ4n) is 3.77. The number of rotatable bonds is 6. The molecule has 0 unspecified atom stereocenters. The molecule has 3 heterocycles. The third-order valence-corrected chi connectivity index (χ3v) is 6.41. The minimum atomic E-state index is 0.791. The number of aromatic nitrogens is 2. The van der Waals surface area contributed by atoms with Crippen molar-refractivity contribution in [1.29, 1.82) is 0 Å². The Labute approximate surface area is 165 Å². The number of hydrogen-bond acceptors (Lipinski definition) is 5. The Bertz CT molecular complexity index is 882. The fourth-order valence-corrected chi connectivity index (χ4v) is 4.75. The zero-order chi connectivity index (χ0) is 18.6. The normalized spacial score (nSPS) is 15.6. The summed E-state index contributed by atoms with van der Waals surface area (Å²) in [6, 6.07) is 12.8. The Kier molecular flexibility index (Phi) is 5.69. The maximum Gasteiger partial charge on any atom is 0.141 e. The van der Waals surface area contributed by atoms with Gasteiger partial charge < -0.3 is 4.90 Å². The van der Waals surface area contributed by atoms with E-state index >= 15 is 0 Å². The number of fused-ring (bicyclic) bond motifs is 1. The number of aryl methyl sites for hydroxylation is 1. The van der Waals surface area contributed by atoms with Gasteiger partial charge in [-0.1, -0.05) is 44.2 Å². The summed E-state index contributed by atoms with van der Waals surface area (Å²) in [4.78, 5) is 17.5. The Balaban J connectivity index is 1.66. The Morgan fingerprint density at radius 1 is 1.00 bits per heavy atom. The van der Waals surface area contributed by atoms with Crippen LogP contribution in [0.2, 0.25) is 0 Å². The van der Waals surface area contributed by atoms with Crippen LogP contribution in [-0.2, 0) is 12.8 Å². The van der Waals surface area contributed by atoms with Gasteiger partial charge in [0, 0.05) is 37.5 Å². The van der Waals surface area contributed by atoms with Crippen LogP contribution >= 0.6 is 11.3 Å². The smallest absolute Gasteiger partial charge is 0.141 e. The second kappa shape index (κ2) is 8.36. The van der Waals surface area contributed by atoms with Crippen LogP contribution in [0.5, 0.6) is 0 Å². The summed E-state index contributed by atoms with van der Waals surface area (Å²) >= 11 is 1.82. The lowest BCUT2D eigenvalue weighted by molar-refractivity contribution is 0.258. The molecule has 2 aromatic heterocycles. The first kappa shape index (κ1) is 18.4. The molecule has 0 N–H and O–H groups in total. The van der Waals surface area contributed by atoms with E-state index in [-0.39, 0.29) is 0 Å². The van der Waals surface area contributed by atoms with Gasteiger partial charge in [0.2, 0.25) is 0 Å². The zero-order valence-corrected chi connectivity index (χ0v) is 17.1. The van der Waals surface area contributed by atoms with Crippen LogP contribution in [0.4, 0.5) is 5.82 Å². The Hall–Kier alpha value is -1.98. The van der Waals surface area contributed by atoms with Crippen molar-refractivity contribution in [3.05, 3.63) is 52.7 Å². The van der Waals surface area contributed by atoms with Crippen molar-refractivity contribution in [2.75, 3.05) is 37.6 Å². The van der Waals surface area contributed by atoms with Crippen molar-refractivity contribution in [3.8, 4) is 0 Å². The predicted molar refractivity (Wildman–Crippen MR) is 115 cm³/mol. The lowest BCUT2D eigenvalue weighted by atomic mass is 10.1. The molecule has 0 radical (unpaired) electrons. The average molecular weight is 381 g/mol. The summed E-state index contributed by atoms with van der Waals surface area (Å²) in [5.74, 6) is 2.07. The third-order valence-electron chi connectivity index (χ3n) is 5.24. The van der Waals surface area contributed by atoms with Crippen LogP contribution in [0, 0.1) is 0 Å². The molecule has 142 valence electrons. The number of anilines is 1. The Morgan fingerprint density at radius 3 is 2.48 bits per heavy atom. The number of benzene rings is 1. The number of nitrogens with zero attached hydrogens (tertiary/aromatic N) is 4. The van der Waals surface area contributed by atoms with Gasteiger partial charge in [0.1, 0.15) is 16.5 Å². The van der Waals surface area contributed by atoms with E-state index < -0.39 is 0 Å². The van der Waals surface area contributed by atoms with Gasteiger partial charge >= 0.3 is 0 Å². The highest BCUT2D eigenvalue weighted by Crippen LogP contribution is 2.32. The fraction of sp³-hybridized carbons (Fsp3) is 0.455. The van der Waals surface area contributed by atoms with Gasteiger partial charge in [0.15, 0.2) is 0 Å². The van der Waals surface area contributed by atoms with Crippen LogP contribution in [0.1, 0.15) is 36.5 Å². The lowest BCUT2D eigenvalue weighted by Gasteiger charge is -2.35. The Morgan fingerprint density at radius 2 is 1.78 bits per heavy atom. The first-order valence-corrected chi connectivity index (χ1v) is 10.9. The van der Waals surface area contributed by atoms with Crippen LogP contribution in [0.15, 0.2) is 36.4 Å². The van der Waals surface area contributed by atoms with Crippen LogP contribution in [-0.4, -0.2) is 47.6 Å². The number of thiophene rings is 1. The summed E-state index contributed by atoms with van der Waals surface area (Å²) in [5.41, 5.74) is 1.27. The highest BCUT2D eigenvalue weighted by molar-refractivity contribution is 7.18. The van der Waals surface area contributed by atoms with E-state index in [1.807, 2.05) is 11.3 Å². The van der Waals surface area contributed by atoms with Crippen molar-refractivity contribution in [2.45, 2.75) is 33.1 Å². The standard InChI is InChI=1S/C22H28N4S/c1-3-10-25-11-13-26(14-12-25)21-19-16-18(4-2)27-22(19)24-20(23-21)15-17-8-6-5-7-9-17/h5-9,16H,3-4,10-15H2,1-2H3. The van der Waals surface area contributed by atoms with Gasteiger partial charge in [0.05, 0.1) is 5.39 Å². The quantitative estimate of drug-likeness (QED) is 0.635.